The molecule has 5 aliphatic carbocycles. The Balaban J connectivity index is 1.00. The average Bonchev–Trinajstić information content (AvgIpc) is 0.921. The molecule has 3 unspecified atom stereocenters. The van der Waals surface area contributed by atoms with Crippen molar-refractivity contribution in [3.8, 4) is 0 Å². The number of carbonyl (C=O) groups excluding carboxylic acids is 2. The molecule has 0 aromatic carbocycles. The van der Waals surface area contributed by atoms with E-state index < -0.39 is 223 Å². The number of aliphatic hydroxyl groups is 13. The van der Waals surface area contributed by atoms with E-state index in [-0.39, 0.29) is 30.3 Å². The third-order valence-electron chi connectivity index (χ3n) is 22.7. The van der Waals surface area contributed by atoms with E-state index in [1.807, 2.05) is 34.6 Å². The minimum absolute atomic E-state index is 0.184. The normalized spacial score (nSPS) is 51.2. The average molecular weight is 1250 g/mol. The number of carbonyl (C=O) groups is 3. The van der Waals surface area contributed by atoms with Crippen molar-refractivity contribution in [1.82, 2.24) is 0 Å². The van der Waals surface area contributed by atoms with Crippen molar-refractivity contribution in [2.24, 2.45) is 50.2 Å². The van der Waals surface area contributed by atoms with Gasteiger partial charge >= 0.3 is 17.9 Å². The Hall–Kier alpha value is -2.95. The first kappa shape index (κ1) is 68.4. The van der Waals surface area contributed by atoms with Gasteiger partial charge < -0.3 is 119 Å². The Morgan fingerprint density at radius 2 is 1.21 bits per heavy atom. The zero-order chi connectivity index (χ0) is 64.3. The number of allylic oxidation sites excluding steroid dienone is 2. The summed E-state index contributed by atoms with van der Waals surface area (Å²) in [5, 5.41) is 159. The summed E-state index contributed by atoms with van der Waals surface area (Å²) in [5.41, 5.74) is -5.15. The van der Waals surface area contributed by atoms with Crippen molar-refractivity contribution in [1.29, 1.82) is 0 Å². The Bertz CT molecular complexity index is 2560. The van der Waals surface area contributed by atoms with Gasteiger partial charge in [0.1, 0.15) is 67.1 Å². The number of esters is 2. The number of aliphatic carboxylic acids is 1. The molecule has 31 atom stereocenters. The van der Waals surface area contributed by atoms with E-state index in [1.165, 1.54) is 13.0 Å². The van der Waals surface area contributed by atoms with Crippen LogP contribution in [0.25, 0.3) is 0 Å². The highest BCUT2D eigenvalue weighted by Crippen LogP contribution is 2.76. The van der Waals surface area contributed by atoms with E-state index in [9.17, 15) is 85.9 Å². The van der Waals surface area contributed by atoms with E-state index in [1.54, 1.807) is 13.8 Å². The van der Waals surface area contributed by atoms with Gasteiger partial charge in [0.05, 0.1) is 61.9 Å². The molecule has 0 spiro atoms. The van der Waals surface area contributed by atoms with E-state index in [4.69, 9.17) is 47.4 Å². The van der Waals surface area contributed by atoms with Crippen molar-refractivity contribution in [2.75, 3.05) is 19.8 Å². The topological polar surface area (TPSA) is 427 Å². The number of ether oxygens (including phenoxy) is 10. The fourth-order valence-corrected chi connectivity index (χ4v) is 17.5. The number of carboxylic acids is 1. The third kappa shape index (κ3) is 11.0. The lowest BCUT2D eigenvalue weighted by molar-refractivity contribution is -0.386. The molecule has 27 nitrogen and oxygen atoms in total. The highest BCUT2D eigenvalue weighted by molar-refractivity contribution is 5.87. The first-order valence-electron chi connectivity index (χ1n) is 30.4. The lowest BCUT2D eigenvalue weighted by Crippen LogP contribution is -2.76. The predicted molar refractivity (Wildman–Crippen MR) is 294 cm³/mol. The molecule has 87 heavy (non-hydrogen) atoms. The zero-order valence-corrected chi connectivity index (χ0v) is 51.2. The highest BCUT2D eigenvalue weighted by Gasteiger charge is 2.76. The maximum Gasteiger partial charge on any atom is 0.335 e. The van der Waals surface area contributed by atoms with Gasteiger partial charge in [0.2, 0.25) is 0 Å². The van der Waals surface area contributed by atoms with Gasteiger partial charge in [0, 0.05) is 17.9 Å². The number of hydrogen-bond donors (Lipinski definition) is 14. The fraction of sp³-hybridized carbons (Fsp3) is 0.883. The van der Waals surface area contributed by atoms with Crippen LogP contribution in [0.1, 0.15) is 115 Å². The molecule has 9 rings (SSSR count). The summed E-state index contributed by atoms with van der Waals surface area (Å²) >= 11 is 0. The lowest BCUT2D eigenvalue weighted by Gasteiger charge is -2.73. The Labute approximate surface area is 505 Å². The zero-order valence-electron chi connectivity index (χ0n) is 51.2. The highest BCUT2D eigenvalue weighted by atomic mass is 16.8. The van der Waals surface area contributed by atoms with Crippen LogP contribution >= 0.6 is 0 Å². The molecule has 4 heterocycles. The summed E-state index contributed by atoms with van der Waals surface area (Å²) < 4.78 is 60.4. The van der Waals surface area contributed by atoms with Gasteiger partial charge in [0.15, 0.2) is 43.5 Å². The van der Waals surface area contributed by atoms with Crippen LogP contribution in [0, 0.1) is 50.2 Å². The van der Waals surface area contributed by atoms with Crippen LogP contribution < -0.4 is 0 Å². The number of hydrogen-bond acceptors (Lipinski definition) is 26. The van der Waals surface area contributed by atoms with Gasteiger partial charge in [-0.05, 0) is 98.7 Å². The smallest absolute Gasteiger partial charge is 0.335 e. The van der Waals surface area contributed by atoms with Crippen molar-refractivity contribution in [3.05, 3.63) is 23.3 Å². The Morgan fingerprint density at radius 1 is 0.621 bits per heavy atom. The molecule has 0 amide bonds. The summed E-state index contributed by atoms with van der Waals surface area (Å²) in [6, 6.07) is 0. The van der Waals surface area contributed by atoms with Crippen LogP contribution in [0.2, 0.25) is 0 Å². The van der Waals surface area contributed by atoms with Crippen LogP contribution in [0.3, 0.4) is 0 Å². The molecule has 8 fully saturated rings. The molecular formula is C60H94O27. The maximum atomic E-state index is 13.1. The quantitative estimate of drug-likeness (QED) is 0.0371. The largest absolute Gasteiger partial charge is 0.479 e. The predicted octanol–water partition coefficient (Wildman–Crippen LogP) is -1.83. The number of fused-ring (bicyclic) bond motifs is 7. The molecule has 0 aromatic rings. The summed E-state index contributed by atoms with van der Waals surface area (Å²) in [6.07, 6.45) is -33.8. The first-order valence-corrected chi connectivity index (χ1v) is 30.4. The molecule has 14 N–H and O–H groups in total. The van der Waals surface area contributed by atoms with Crippen LogP contribution in [0.15, 0.2) is 23.3 Å². The third-order valence-corrected chi connectivity index (χ3v) is 22.7. The monoisotopic (exact) mass is 1250 g/mol. The minimum Gasteiger partial charge on any atom is -0.479 e. The van der Waals surface area contributed by atoms with Gasteiger partial charge in [-0.25, -0.2) is 9.59 Å². The lowest BCUT2D eigenvalue weighted by atomic mass is 9.32. The van der Waals surface area contributed by atoms with Gasteiger partial charge in [-0.1, -0.05) is 66.2 Å². The maximum absolute atomic E-state index is 13.1. The molecule has 4 aliphatic heterocycles. The standard InChI is InChI=1S/C60H94O27/c1-12-23(2)50(77)83-42-39(71)53(78-24(3)40(42)79-25(4)64)87-48-47(74)60(22-63)27(19-55(48,5)6)26-13-14-31-57(9)17-16-32(56(7,8)30(57)15-18-58(31,10)59(26,11)45(72)46(60)73)82-54-44(86-52-37(69)35(67)33(65)28(20-61)80-52)41(38(70)43(85-54)49(75)76)84-51-36(68)34(66)29(21-62)81-51/h12-13,24,27-48,51-54,61-63,65-74H,14-22H2,1-11H3,(H,75,76)/b23-12-/t24-,27?,28+,29+,30?,31?,32-,33-,34+,35-,36-,37+,38-,39+,40-,41-,42-,43-,44+,45+,46-,47+,48-,51+,52-,53-,54-,57-,58+,59-,60-/m0/s1. The molecule has 496 valence electrons. The summed E-state index contributed by atoms with van der Waals surface area (Å²) in [7, 11) is 0. The molecule has 9 aliphatic rings. The van der Waals surface area contributed by atoms with Crippen molar-refractivity contribution in [2.45, 2.75) is 262 Å². The van der Waals surface area contributed by atoms with Gasteiger partial charge in [-0.2, -0.15) is 0 Å². The summed E-state index contributed by atoms with van der Waals surface area (Å²) in [4.78, 5) is 38.3. The molecule has 0 aromatic heterocycles. The fourth-order valence-electron chi connectivity index (χ4n) is 17.5. The van der Waals surface area contributed by atoms with E-state index in [0.717, 1.165) is 12.5 Å². The molecule has 0 bridgehead atoms. The molecule has 0 radical (unpaired) electrons. The van der Waals surface area contributed by atoms with Crippen molar-refractivity contribution < 1.29 is 133 Å². The number of aliphatic hydroxyl groups excluding tert-OH is 13. The van der Waals surface area contributed by atoms with Crippen LogP contribution in [-0.2, 0) is 61.8 Å². The van der Waals surface area contributed by atoms with Gasteiger partial charge in [-0.3, -0.25) is 4.79 Å². The SMILES string of the molecule is C/C=C(/C)C(=O)O[C@H]1[C@@H](O)[C@H](O[C@H]2[C@@H](O)[C@@]3(CO)C(CC2(C)C)C2=CCC4[C@@]5(C)CC[C@H](O[C@H]6O[C@H](C(=O)O)[C@@H](O)[C@H](O[C@H]7O[C@H](CO)[C@@H](O)[C@@H]7O)[C@H]6O[C@@H]6O[C@H](CO)[C@H](O)[C@H](O)[C@H]6O)C(C)(C)C5CC[C@@]4(C)[C@]2(C)[C@H](O)[C@@H]3O)O[C@@H](C)[C@@H]1OC(C)=O. The van der Waals surface area contributed by atoms with Crippen LogP contribution in [-0.4, -0.2) is 256 Å². The Morgan fingerprint density at radius 3 is 1.78 bits per heavy atom. The van der Waals surface area contributed by atoms with E-state index in [0.29, 0.717) is 25.7 Å². The van der Waals surface area contributed by atoms with Gasteiger partial charge in [-0.15, -0.1) is 0 Å². The second-order valence-electron chi connectivity index (χ2n) is 28.0. The van der Waals surface area contributed by atoms with Crippen molar-refractivity contribution in [3.63, 3.8) is 0 Å². The first-order chi connectivity index (χ1) is 40.6. The molecule has 4 saturated heterocycles. The van der Waals surface area contributed by atoms with E-state index >= 15 is 0 Å². The van der Waals surface area contributed by atoms with E-state index in [2.05, 4.69) is 19.9 Å². The summed E-state index contributed by atoms with van der Waals surface area (Å²) in [6.45, 7) is 17.4. The van der Waals surface area contributed by atoms with Crippen molar-refractivity contribution >= 4 is 17.9 Å². The van der Waals surface area contributed by atoms with Gasteiger partial charge in [0.25, 0.3) is 0 Å². The van der Waals surface area contributed by atoms with Crippen LogP contribution in [0.5, 0.6) is 0 Å². The molecular weight excluding hydrogens is 1150 g/mol. The number of carboxylic acid groups (broad SMARTS) is 1. The minimum atomic E-state index is -2.14. The summed E-state index contributed by atoms with van der Waals surface area (Å²) in [5.74, 6) is -4.29. The molecule has 4 saturated carbocycles. The van der Waals surface area contributed by atoms with Crippen LogP contribution in [0.4, 0.5) is 0 Å². The second-order valence-corrected chi connectivity index (χ2v) is 28.0. The Kier molecular flexibility index (Phi) is 19.5. The molecule has 27 heteroatoms. The number of rotatable bonds is 15. The second kappa shape index (κ2) is 24.8.